The van der Waals surface area contributed by atoms with Crippen molar-refractivity contribution >= 4 is 6.08 Å². The van der Waals surface area contributed by atoms with Gasteiger partial charge in [0, 0.05) is 0 Å². The van der Waals surface area contributed by atoms with Gasteiger partial charge in [-0.1, -0.05) is 65.8 Å². The molecule has 17 heavy (non-hydrogen) atoms. The molecule has 86 valence electrons. The second-order valence-corrected chi connectivity index (χ2v) is 5.21. The maximum absolute atomic E-state index is 2.38. The molecular weight excluding hydrogens is 204 g/mol. The van der Waals surface area contributed by atoms with Crippen molar-refractivity contribution in [1.82, 2.24) is 0 Å². The van der Waals surface area contributed by atoms with Gasteiger partial charge in [0.05, 0.1) is 0 Å². The second kappa shape index (κ2) is 4.37. The highest BCUT2D eigenvalue weighted by Crippen LogP contribution is 2.39. The Labute approximate surface area is 103 Å². The number of aryl methyl sites for hydroxylation is 1. The molecule has 0 N–H and O–H groups in total. The van der Waals surface area contributed by atoms with Gasteiger partial charge in [0.25, 0.3) is 0 Å². The predicted molar refractivity (Wildman–Crippen MR) is 73.7 cm³/mol. The van der Waals surface area contributed by atoms with E-state index in [1.54, 1.807) is 5.57 Å². The first-order chi connectivity index (χ1) is 8.31. The molecule has 0 radical (unpaired) electrons. The van der Waals surface area contributed by atoms with E-state index in [2.05, 4.69) is 61.6 Å². The topological polar surface area (TPSA) is 0 Å². The van der Waals surface area contributed by atoms with Crippen LogP contribution in [0.5, 0.6) is 0 Å². The van der Waals surface area contributed by atoms with Gasteiger partial charge in [-0.05, 0) is 37.2 Å². The lowest BCUT2D eigenvalue weighted by Gasteiger charge is -2.06. The first-order valence-electron chi connectivity index (χ1n) is 6.43. The van der Waals surface area contributed by atoms with Crippen LogP contribution in [0.15, 0.2) is 54.1 Å². The molecule has 0 amide bonds. The van der Waals surface area contributed by atoms with Crippen LogP contribution in [0.3, 0.4) is 0 Å². The van der Waals surface area contributed by atoms with Crippen LogP contribution in [0.1, 0.15) is 24.0 Å². The lowest BCUT2D eigenvalue weighted by Crippen LogP contribution is -1.91. The Morgan fingerprint density at radius 1 is 1.06 bits per heavy atom. The highest BCUT2D eigenvalue weighted by atomic mass is 14.3. The molecule has 0 unspecified atom stereocenters. The van der Waals surface area contributed by atoms with Crippen LogP contribution in [-0.4, -0.2) is 0 Å². The van der Waals surface area contributed by atoms with Gasteiger partial charge in [0.2, 0.25) is 0 Å². The molecule has 2 atom stereocenters. The summed E-state index contributed by atoms with van der Waals surface area (Å²) >= 11 is 0. The summed E-state index contributed by atoms with van der Waals surface area (Å²) in [6.07, 6.45) is 14.0. The van der Waals surface area contributed by atoms with E-state index in [0.29, 0.717) is 5.92 Å². The van der Waals surface area contributed by atoms with E-state index in [0.717, 1.165) is 5.92 Å². The Balaban J connectivity index is 1.88. The van der Waals surface area contributed by atoms with E-state index in [9.17, 15) is 0 Å². The largest absolute Gasteiger partial charge is 0.0811 e. The fraction of sp³-hybridized carbons (Fsp3) is 0.294. The number of hydrogen-bond donors (Lipinski definition) is 0. The lowest BCUT2D eigenvalue weighted by molar-refractivity contribution is 0.651. The van der Waals surface area contributed by atoms with E-state index in [1.807, 2.05) is 0 Å². The van der Waals surface area contributed by atoms with Gasteiger partial charge in [0.15, 0.2) is 0 Å². The highest BCUT2D eigenvalue weighted by molar-refractivity contribution is 5.55. The van der Waals surface area contributed by atoms with Crippen molar-refractivity contribution < 1.29 is 0 Å². The van der Waals surface area contributed by atoms with Gasteiger partial charge in [-0.3, -0.25) is 0 Å². The number of fused-ring (bicyclic) bond motifs is 2. The SMILES string of the molecule is Cc1ccc(/C=C2\C[C@@H]3C=CC=C[C@H]2C3)cc1. The number of rotatable bonds is 1. The van der Waals surface area contributed by atoms with Crippen LogP contribution >= 0.6 is 0 Å². The summed E-state index contributed by atoms with van der Waals surface area (Å²) in [5, 5.41) is 0. The Hall–Kier alpha value is -1.56. The molecule has 0 saturated heterocycles. The molecule has 0 heterocycles. The molecule has 0 heteroatoms. The van der Waals surface area contributed by atoms with Crippen LogP contribution in [0.2, 0.25) is 0 Å². The Morgan fingerprint density at radius 3 is 2.65 bits per heavy atom. The molecule has 2 aliphatic carbocycles. The lowest BCUT2D eigenvalue weighted by atomic mass is 9.99. The van der Waals surface area contributed by atoms with Crippen molar-refractivity contribution in [3.8, 4) is 0 Å². The Morgan fingerprint density at radius 2 is 1.82 bits per heavy atom. The maximum Gasteiger partial charge on any atom is -0.00109 e. The van der Waals surface area contributed by atoms with Crippen molar-refractivity contribution in [3.63, 3.8) is 0 Å². The van der Waals surface area contributed by atoms with E-state index >= 15 is 0 Å². The molecule has 0 spiro atoms. The summed E-state index contributed by atoms with van der Waals surface area (Å²) in [5.41, 5.74) is 4.27. The van der Waals surface area contributed by atoms with Crippen LogP contribution < -0.4 is 0 Å². The van der Waals surface area contributed by atoms with Gasteiger partial charge in [0.1, 0.15) is 0 Å². The number of allylic oxidation sites excluding steroid dienone is 5. The molecule has 1 aromatic carbocycles. The monoisotopic (exact) mass is 222 g/mol. The maximum atomic E-state index is 2.38. The molecule has 1 saturated carbocycles. The van der Waals surface area contributed by atoms with Crippen LogP contribution in [0.4, 0.5) is 0 Å². The highest BCUT2D eigenvalue weighted by Gasteiger charge is 2.26. The minimum atomic E-state index is 0.663. The zero-order valence-corrected chi connectivity index (χ0v) is 10.3. The third-order valence-electron chi connectivity index (χ3n) is 3.80. The summed E-state index contributed by atoms with van der Waals surface area (Å²) in [5.74, 6) is 1.42. The van der Waals surface area contributed by atoms with Crippen molar-refractivity contribution in [3.05, 3.63) is 65.3 Å². The first-order valence-corrected chi connectivity index (χ1v) is 6.43. The Kier molecular flexibility index (Phi) is 2.72. The summed E-state index contributed by atoms with van der Waals surface area (Å²) < 4.78 is 0. The zero-order valence-electron chi connectivity index (χ0n) is 10.3. The molecule has 2 aliphatic rings. The molecule has 1 aromatic rings. The van der Waals surface area contributed by atoms with Gasteiger partial charge < -0.3 is 0 Å². The summed E-state index contributed by atoms with van der Waals surface area (Å²) in [4.78, 5) is 0. The number of benzene rings is 1. The molecule has 0 nitrogen and oxygen atoms in total. The fourth-order valence-electron chi connectivity index (χ4n) is 2.83. The standard InChI is InChI=1S/C17H18/c1-13-6-8-14(9-7-13)10-17-12-15-4-2-3-5-16(17)11-15/h2-10,15-16H,11-12H2,1H3/b17-10+/t15-,16+/m1/s1. The average Bonchev–Trinajstić information content (AvgIpc) is 2.54. The molecule has 0 aliphatic heterocycles. The van der Waals surface area contributed by atoms with Crippen molar-refractivity contribution in [2.75, 3.05) is 0 Å². The smallest absolute Gasteiger partial charge is 0.00109 e. The average molecular weight is 222 g/mol. The first kappa shape index (κ1) is 10.6. The summed E-state index contributed by atoms with van der Waals surface area (Å²) in [7, 11) is 0. The summed E-state index contributed by atoms with van der Waals surface area (Å²) in [6, 6.07) is 8.82. The normalized spacial score (nSPS) is 28.6. The van der Waals surface area contributed by atoms with Gasteiger partial charge in [-0.25, -0.2) is 0 Å². The fourth-order valence-corrected chi connectivity index (χ4v) is 2.83. The molecule has 3 rings (SSSR count). The minimum absolute atomic E-state index is 0.663. The van der Waals surface area contributed by atoms with E-state index < -0.39 is 0 Å². The van der Waals surface area contributed by atoms with Crippen LogP contribution in [0.25, 0.3) is 6.08 Å². The van der Waals surface area contributed by atoms with Crippen LogP contribution in [-0.2, 0) is 0 Å². The second-order valence-electron chi connectivity index (χ2n) is 5.21. The Bertz CT molecular complexity index is 485. The van der Waals surface area contributed by atoms with Gasteiger partial charge in [-0.15, -0.1) is 0 Å². The third-order valence-corrected chi connectivity index (χ3v) is 3.80. The van der Waals surface area contributed by atoms with Crippen molar-refractivity contribution in [2.24, 2.45) is 11.8 Å². The van der Waals surface area contributed by atoms with Crippen LogP contribution in [0, 0.1) is 18.8 Å². The molecular formula is C17H18. The minimum Gasteiger partial charge on any atom is -0.0811 e. The summed E-state index contributed by atoms with van der Waals surface area (Å²) in [6.45, 7) is 2.14. The molecule has 0 aromatic heterocycles. The van der Waals surface area contributed by atoms with Crippen molar-refractivity contribution in [1.29, 1.82) is 0 Å². The van der Waals surface area contributed by atoms with Gasteiger partial charge in [-0.2, -0.15) is 0 Å². The predicted octanol–water partition coefficient (Wildman–Crippen LogP) is 4.53. The van der Waals surface area contributed by atoms with E-state index in [1.165, 1.54) is 24.0 Å². The van der Waals surface area contributed by atoms with E-state index in [4.69, 9.17) is 0 Å². The number of hydrogen-bond acceptors (Lipinski definition) is 0. The molecule has 2 bridgehead atoms. The zero-order chi connectivity index (χ0) is 11.7. The van der Waals surface area contributed by atoms with E-state index in [-0.39, 0.29) is 0 Å². The third kappa shape index (κ3) is 2.26. The molecule has 1 fully saturated rings. The van der Waals surface area contributed by atoms with Crippen molar-refractivity contribution in [2.45, 2.75) is 19.8 Å². The van der Waals surface area contributed by atoms with Gasteiger partial charge >= 0.3 is 0 Å². The quantitative estimate of drug-likeness (QED) is 0.655.